The second-order valence-electron chi connectivity index (χ2n) is 17.0. The van der Waals surface area contributed by atoms with Gasteiger partial charge in [-0.05, 0) is 137 Å². The standard InChI is InChI=1S/C64H40/c1-4-18-41(19-5-1)44-34-35-51(60(40-44)43-22-8-3-9-23-43)49-36-38-57(48-27-13-12-26-47(48)49)62-53-28-14-15-29-55(53)64-59-39-37-50(46-25-11-10-24-45(46)42-20-6-2-7-21-42)52-30-16-31-54(61(52)59)56-32-17-33-58(62)63(56)64/h1-40H. The van der Waals surface area contributed by atoms with Gasteiger partial charge in [-0.15, -0.1) is 0 Å². The van der Waals surface area contributed by atoms with Crippen LogP contribution < -0.4 is 0 Å². The van der Waals surface area contributed by atoms with Crippen LogP contribution in [0.4, 0.5) is 0 Å². The molecule has 0 heterocycles. The summed E-state index contributed by atoms with van der Waals surface area (Å²) in [5.41, 5.74) is 14.8. The Morgan fingerprint density at radius 1 is 0.156 bits per heavy atom. The second-order valence-corrected chi connectivity index (χ2v) is 17.0. The molecule has 0 aliphatic heterocycles. The number of rotatable bonds is 6. The molecule has 0 nitrogen and oxygen atoms in total. The summed E-state index contributed by atoms with van der Waals surface area (Å²) in [4.78, 5) is 0. The number of benzene rings is 13. The van der Waals surface area contributed by atoms with Crippen LogP contribution in [0, 0.1) is 0 Å². The maximum absolute atomic E-state index is 2.40. The second kappa shape index (κ2) is 14.7. The van der Waals surface area contributed by atoms with Crippen LogP contribution in [0.25, 0.3) is 131 Å². The summed E-state index contributed by atoms with van der Waals surface area (Å²) in [6.45, 7) is 0. The molecule has 0 spiro atoms. The molecule has 0 aliphatic rings. The topological polar surface area (TPSA) is 0 Å². The average molecular weight is 809 g/mol. The highest BCUT2D eigenvalue weighted by atomic mass is 14.3. The Balaban J connectivity index is 1.07. The Morgan fingerprint density at radius 2 is 0.578 bits per heavy atom. The molecule has 0 bridgehead atoms. The maximum Gasteiger partial charge on any atom is -0.00137 e. The number of hydrogen-bond donors (Lipinski definition) is 0. The van der Waals surface area contributed by atoms with Gasteiger partial charge in [0.1, 0.15) is 0 Å². The SMILES string of the molecule is c1ccc(-c2ccc(-c3ccc(-c4c5ccccc5c5c6ccc(-c7ccccc7-c7ccccc7)c7cccc(c8cccc4c85)c76)c4ccccc34)c(-c3ccccc3)c2)cc1. The molecular weight excluding hydrogens is 769 g/mol. The van der Waals surface area contributed by atoms with Crippen molar-refractivity contribution in [1.82, 2.24) is 0 Å². The van der Waals surface area contributed by atoms with Crippen molar-refractivity contribution in [2.45, 2.75) is 0 Å². The van der Waals surface area contributed by atoms with Crippen LogP contribution in [-0.4, -0.2) is 0 Å². The van der Waals surface area contributed by atoms with Crippen LogP contribution in [-0.2, 0) is 0 Å². The van der Waals surface area contributed by atoms with Crippen LogP contribution >= 0.6 is 0 Å². The lowest BCUT2D eigenvalue weighted by Crippen LogP contribution is -1.94. The van der Waals surface area contributed by atoms with Crippen LogP contribution in [0.5, 0.6) is 0 Å². The third-order valence-corrected chi connectivity index (χ3v) is 13.6. The Morgan fingerprint density at radius 3 is 1.30 bits per heavy atom. The normalized spacial score (nSPS) is 11.8. The van der Waals surface area contributed by atoms with Crippen molar-refractivity contribution in [1.29, 1.82) is 0 Å². The molecule has 0 unspecified atom stereocenters. The lowest BCUT2D eigenvalue weighted by atomic mass is 9.80. The van der Waals surface area contributed by atoms with Crippen molar-refractivity contribution < 1.29 is 0 Å². The van der Waals surface area contributed by atoms with E-state index in [0.29, 0.717) is 0 Å². The first-order valence-electron chi connectivity index (χ1n) is 22.3. The van der Waals surface area contributed by atoms with Crippen LogP contribution in [0.3, 0.4) is 0 Å². The zero-order valence-electron chi connectivity index (χ0n) is 35.1. The van der Waals surface area contributed by atoms with E-state index >= 15 is 0 Å². The van der Waals surface area contributed by atoms with Gasteiger partial charge in [0.05, 0.1) is 0 Å². The highest BCUT2D eigenvalue weighted by Gasteiger charge is 2.23. The number of fused-ring (bicyclic) bond motifs is 5. The molecule has 13 aromatic carbocycles. The summed E-state index contributed by atoms with van der Waals surface area (Å²) in [5, 5.41) is 15.4. The van der Waals surface area contributed by atoms with E-state index in [9.17, 15) is 0 Å². The summed E-state index contributed by atoms with van der Waals surface area (Å²) in [6.07, 6.45) is 0. The summed E-state index contributed by atoms with van der Waals surface area (Å²) in [5.74, 6) is 0. The molecule has 0 aromatic heterocycles. The van der Waals surface area contributed by atoms with Gasteiger partial charge in [0, 0.05) is 0 Å². The lowest BCUT2D eigenvalue weighted by molar-refractivity contribution is 1.57. The molecule has 0 aliphatic carbocycles. The van der Waals surface area contributed by atoms with E-state index in [1.165, 1.54) is 131 Å². The molecule has 0 amide bonds. The summed E-state index contributed by atoms with van der Waals surface area (Å²) >= 11 is 0. The van der Waals surface area contributed by atoms with Crippen molar-refractivity contribution in [2.24, 2.45) is 0 Å². The third kappa shape index (κ3) is 5.56. The van der Waals surface area contributed by atoms with E-state index in [4.69, 9.17) is 0 Å². The first-order chi connectivity index (χ1) is 31.8. The minimum absolute atomic E-state index is 1.21. The molecule has 0 saturated heterocycles. The monoisotopic (exact) mass is 808 g/mol. The first-order valence-corrected chi connectivity index (χ1v) is 22.3. The fourth-order valence-electron chi connectivity index (χ4n) is 10.9. The van der Waals surface area contributed by atoms with E-state index in [1.54, 1.807) is 0 Å². The Labute approximate surface area is 372 Å². The largest absolute Gasteiger partial charge is 0.0622 e. The van der Waals surface area contributed by atoms with Crippen molar-refractivity contribution in [3.8, 4) is 66.8 Å². The van der Waals surface area contributed by atoms with E-state index in [0.717, 1.165) is 0 Å². The van der Waals surface area contributed by atoms with Gasteiger partial charge in [0.2, 0.25) is 0 Å². The molecule has 0 saturated carbocycles. The van der Waals surface area contributed by atoms with Gasteiger partial charge >= 0.3 is 0 Å². The molecule has 0 N–H and O–H groups in total. The smallest absolute Gasteiger partial charge is 0.00137 e. The predicted octanol–water partition coefficient (Wildman–Crippen LogP) is 18.0. The molecule has 0 atom stereocenters. The Bertz CT molecular complexity index is 3920. The third-order valence-electron chi connectivity index (χ3n) is 13.6. The van der Waals surface area contributed by atoms with Crippen molar-refractivity contribution in [2.75, 3.05) is 0 Å². The van der Waals surface area contributed by atoms with Gasteiger partial charge in [0.25, 0.3) is 0 Å². The fraction of sp³-hybridized carbons (Fsp3) is 0. The zero-order chi connectivity index (χ0) is 42.1. The van der Waals surface area contributed by atoms with Crippen LogP contribution in [0.1, 0.15) is 0 Å². The molecule has 13 rings (SSSR count). The van der Waals surface area contributed by atoms with Crippen molar-refractivity contribution >= 4 is 64.6 Å². The molecule has 296 valence electrons. The van der Waals surface area contributed by atoms with Gasteiger partial charge in [-0.1, -0.05) is 237 Å². The molecule has 0 fully saturated rings. The van der Waals surface area contributed by atoms with Crippen LogP contribution in [0.15, 0.2) is 243 Å². The summed E-state index contributed by atoms with van der Waals surface area (Å²) < 4.78 is 0. The Kier molecular flexibility index (Phi) is 8.32. The Hall–Kier alpha value is -8.32. The lowest BCUT2D eigenvalue weighted by Gasteiger charge is -2.22. The quantitative estimate of drug-likeness (QED) is 0.116. The van der Waals surface area contributed by atoms with Gasteiger partial charge in [-0.25, -0.2) is 0 Å². The van der Waals surface area contributed by atoms with Crippen LogP contribution in [0.2, 0.25) is 0 Å². The van der Waals surface area contributed by atoms with Crippen molar-refractivity contribution in [3.63, 3.8) is 0 Å². The molecular formula is C64H40. The van der Waals surface area contributed by atoms with E-state index in [1.807, 2.05) is 0 Å². The fourth-order valence-corrected chi connectivity index (χ4v) is 10.9. The summed E-state index contributed by atoms with van der Waals surface area (Å²) in [6, 6.07) is 89.7. The van der Waals surface area contributed by atoms with Gasteiger partial charge in [0.15, 0.2) is 0 Å². The maximum atomic E-state index is 2.40. The van der Waals surface area contributed by atoms with E-state index in [2.05, 4.69) is 243 Å². The summed E-state index contributed by atoms with van der Waals surface area (Å²) in [7, 11) is 0. The van der Waals surface area contributed by atoms with Gasteiger partial charge < -0.3 is 0 Å². The molecule has 0 heteroatoms. The minimum atomic E-state index is 1.21. The highest BCUT2D eigenvalue weighted by Crippen LogP contribution is 2.51. The van der Waals surface area contributed by atoms with E-state index < -0.39 is 0 Å². The minimum Gasteiger partial charge on any atom is -0.0622 e. The predicted molar refractivity (Wildman–Crippen MR) is 275 cm³/mol. The molecule has 0 radical (unpaired) electrons. The highest BCUT2D eigenvalue weighted by molar-refractivity contribution is 6.41. The zero-order valence-corrected chi connectivity index (χ0v) is 35.1. The average Bonchev–Trinajstić information content (AvgIpc) is 3.38. The number of hydrogen-bond acceptors (Lipinski definition) is 0. The van der Waals surface area contributed by atoms with Gasteiger partial charge in [-0.3, -0.25) is 0 Å². The molecule has 64 heavy (non-hydrogen) atoms. The first kappa shape index (κ1) is 36.3. The van der Waals surface area contributed by atoms with Gasteiger partial charge in [-0.2, -0.15) is 0 Å². The van der Waals surface area contributed by atoms with Crippen molar-refractivity contribution in [3.05, 3.63) is 243 Å². The molecule has 13 aromatic rings. The van der Waals surface area contributed by atoms with E-state index in [-0.39, 0.29) is 0 Å².